The highest BCUT2D eigenvalue weighted by molar-refractivity contribution is 6.30. The standard InChI is InChI=1S/C15H11ClN2O/c1-10-3-2-4-11(5-10)15-7-14(18-19-15)12-6-13(16)9-17-8-12/h2-9H,1H3. The Bertz CT molecular complexity index is 661. The molecule has 0 aliphatic rings. The second-order valence-electron chi connectivity index (χ2n) is 4.34. The van der Waals surface area contributed by atoms with Crippen molar-refractivity contribution in [2.75, 3.05) is 0 Å². The zero-order valence-corrected chi connectivity index (χ0v) is 11.1. The Balaban J connectivity index is 2.00. The summed E-state index contributed by atoms with van der Waals surface area (Å²) in [6.07, 6.45) is 3.30. The number of pyridine rings is 1. The minimum atomic E-state index is 0.581. The van der Waals surface area contributed by atoms with E-state index in [2.05, 4.69) is 16.2 Å². The van der Waals surface area contributed by atoms with Gasteiger partial charge in [0.25, 0.3) is 0 Å². The van der Waals surface area contributed by atoms with Crippen LogP contribution in [0.4, 0.5) is 0 Å². The largest absolute Gasteiger partial charge is 0.356 e. The average molecular weight is 271 g/mol. The van der Waals surface area contributed by atoms with E-state index in [0.717, 1.165) is 22.6 Å². The van der Waals surface area contributed by atoms with Crippen LogP contribution in [0.15, 0.2) is 53.3 Å². The molecule has 0 atom stereocenters. The van der Waals surface area contributed by atoms with Gasteiger partial charge in [0.15, 0.2) is 5.76 Å². The van der Waals surface area contributed by atoms with E-state index >= 15 is 0 Å². The molecular weight excluding hydrogens is 260 g/mol. The van der Waals surface area contributed by atoms with Crippen LogP contribution >= 0.6 is 11.6 Å². The molecule has 0 aliphatic heterocycles. The number of benzene rings is 1. The number of aromatic nitrogens is 2. The fraction of sp³-hybridized carbons (Fsp3) is 0.0667. The molecule has 0 saturated heterocycles. The van der Waals surface area contributed by atoms with E-state index in [1.807, 2.05) is 37.3 Å². The first-order chi connectivity index (χ1) is 9.22. The van der Waals surface area contributed by atoms with Crippen molar-refractivity contribution < 1.29 is 4.52 Å². The lowest BCUT2D eigenvalue weighted by molar-refractivity contribution is 0.435. The number of halogens is 1. The maximum absolute atomic E-state index is 5.92. The first-order valence-corrected chi connectivity index (χ1v) is 6.25. The molecule has 2 heterocycles. The van der Waals surface area contributed by atoms with E-state index in [-0.39, 0.29) is 0 Å². The number of hydrogen-bond acceptors (Lipinski definition) is 3. The molecule has 0 spiro atoms. The molecule has 3 aromatic rings. The summed E-state index contributed by atoms with van der Waals surface area (Å²) >= 11 is 5.92. The fourth-order valence-electron chi connectivity index (χ4n) is 1.90. The molecule has 94 valence electrons. The van der Waals surface area contributed by atoms with Crippen molar-refractivity contribution in [3.63, 3.8) is 0 Å². The normalized spacial score (nSPS) is 10.6. The third-order valence-electron chi connectivity index (χ3n) is 2.81. The highest BCUT2D eigenvalue weighted by Gasteiger charge is 2.09. The Morgan fingerprint density at radius 1 is 1.05 bits per heavy atom. The Morgan fingerprint density at radius 2 is 1.95 bits per heavy atom. The number of rotatable bonds is 2. The minimum absolute atomic E-state index is 0.581. The highest BCUT2D eigenvalue weighted by atomic mass is 35.5. The van der Waals surface area contributed by atoms with Crippen LogP contribution in [-0.4, -0.2) is 10.1 Å². The van der Waals surface area contributed by atoms with Crippen LogP contribution in [0.2, 0.25) is 5.02 Å². The van der Waals surface area contributed by atoms with Crippen LogP contribution in [0.3, 0.4) is 0 Å². The van der Waals surface area contributed by atoms with Crippen LogP contribution in [0.25, 0.3) is 22.6 Å². The summed E-state index contributed by atoms with van der Waals surface area (Å²) in [5, 5.41) is 4.64. The summed E-state index contributed by atoms with van der Waals surface area (Å²) in [5.41, 5.74) is 3.76. The molecule has 0 radical (unpaired) electrons. The van der Waals surface area contributed by atoms with Crippen molar-refractivity contribution in [1.29, 1.82) is 0 Å². The van der Waals surface area contributed by atoms with E-state index in [1.54, 1.807) is 12.4 Å². The quantitative estimate of drug-likeness (QED) is 0.694. The average Bonchev–Trinajstić information content (AvgIpc) is 2.88. The van der Waals surface area contributed by atoms with Crippen LogP contribution in [0, 0.1) is 6.92 Å². The van der Waals surface area contributed by atoms with E-state index < -0.39 is 0 Å². The van der Waals surface area contributed by atoms with Gasteiger partial charge in [-0.25, -0.2) is 0 Å². The van der Waals surface area contributed by atoms with E-state index in [9.17, 15) is 0 Å². The zero-order valence-electron chi connectivity index (χ0n) is 10.3. The lowest BCUT2D eigenvalue weighted by atomic mass is 10.1. The third kappa shape index (κ3) is 2.51. The van der Waals surface area contributed by atoms with Crippen molar-refractivity contribution in [3.05, 3.63) is 59.4 Å². The predicted molar refractivity (Wildman–Crippen MR) is 74.9 cm³/mol. The van der Waals surface area contributed by atoms with Gasteiger partial charge in [0.2, 0.25) is 0 Å². The molecule has 3 rings (SSSR count). The van der Waals surface area contributed by atoms with Crippen molar-refractivity contribution >= 4 is 11.6 Å². The Kier molecular flexibility index (Phi) is 3.05. The van der Waals surface area contributed by atoms with Gasteiger partial charge in [0.05, 0.1) is 5.02 Å². The topological polar surface area (TPSA) is 38.9 Å². The SMILES string of the molecule is Cc1cccc(-c2cc(-c3cncc(Cl)c3)no2)c1. The van der Waals surface area contributed by atoms with Crippen molar-refractivity contribution in [1.82, 2.24) is 10.1 Å². The third-order valence-corrected chi connectivity index (χ3v) is 3.02. The monoisotopic (exact) mass is 270 g/mol. The first kappa shape index (κ1) is 11.9. The van der Waals surface area contributed by atoms with Gasteiger partial charge in [-0.05, 0) is 19.1 Å². The highest BCUT2D eigenvalue weighted by Crippen LogP contribution is 2.27. The van der Waals surface area contributed by atoms with Gasteiger partial charge in [-0.3, -0.25) is 4.98 Å². The second kappa shape index (κ2) is 4.86. The van der Waals surface area contributed by atoms with E-state index in [1.165, 1.54) is 5.56 Å². The van der Waals surface area contributed by atoms with Gasteiger partial charge in [0.1, 0.15) is 5.69 Å². The van der Waals surface area contributed by atoms with Crippen LogP contribution < -0.4 is 0 Å². The summed E-state index contributed by atoms with van der Waals surface area (Å²) in [7, 11) is 0. The van der Waals surface area contributed by atoms with Gasteiger partial charge in [-0.1, -0.05) is 40.5 Å². The lowest BCUT2D eigenvalue weighted by Crippen LogP contribution is -1.79. The summed E-state index contributed by atoms with van der Waals surface area (Å²) in [5.74, 6) is 0.735. The molecule has 1 aromatic carbocycles. The lowest BCUT2D eigenvalue weighted by Gasteiger charge is -1.96. The molecule has 19 heavy (non-hydrogen) atoms. The van der Waals surface area contributed by atoms with E-state index in [0.29, 0.717) is 5.02 Å². The van der Waals surface area contributed by atoms with E-state index in [4.69, 9.17) is 16.1 Å². The van der Waals surface area contributed by atoms with Gasteiger partial charge in [-0.2, -0.15) is 0 Å². The van der Waals surface area contributed by atoms with Crippen LogP contribution in [0.5, 0.6) is 0 Å². The van der Waals surface area contributed by atoms with Crippen molar-refractivity contribution in [2.24, 2.45) is 0 Å². The number of hydrogen-bond donors (Lipinski definition) is 0. The maximum Gasteiger partial charge on any atom is 0.167 e. The fourth-order valence-corrected chi connectivity index (χ4v) is 2.07. The molecule has 0 unspecified atom stereocenters. The molecule has 0 saturated carbocycles. The Hall–Kier alpha value is -2.13. The molecule has 0 amide bonds. The first-order valence-electron chi connectivity index (χ1n) is 5.87. The summed E-state index contributed by atoms with van der Waals surface area (Å²) in [4.78, 5) is 4.04. The van der Waals surface area contributed by atoms with Crippen LogP contribution in [-0.2, 0) is 0 Å². The van der Waals surface area contributed by atoms with Gasteiger partial charge >= 0.3 is 0 Å². The van der Waals surface area contributed by atoms with Crippen molar-refractivity contribution in [3.8, 4) is 22.6 Å². The smallest absolute Gasteiger partial charge is 0.167 e. The molecular formula is C15H11ClN2O. The molecule has 0 N–H and O–H groups in total. The summed E-state index contributed by atoms with van der Waals surface area (Å²) < 4.78 is 5.38. The molecule has 0 aliphatic carbocycles. The molecule has 3 nitrogen and oxygen atoms in total. The second-order valence-corrected chi connectivity index (χ2v) is 4.77. The minimum Gasteiger partial charge on any atom is -0.356 e. The summed E-state index contributed by atoms with van der Waals surface area (Å²) in [6.45, 7) is 2.04. The summed E-state index contributed by atoms with van der Waals surface area (Å²) in [6, 6.07) is 11.8. The van der Waals surface area contributed by atoms with Gasteiger partial charge in [-0.15, -0.1) is 0 Å². The number of nitrogens with zero attached hydrogens (tertiary/aromatic N) is 2. The predicted octanol–water partition coefficient (Wildman–Crippen LogP) is 4.37. The van der Waals surface area contributed by atoms with Crippen LogP contribution in [0.1, 0.15) is 5.56 Å². The zero-order chi connectivity index (χ0) is 13.2. The maximum atomic E-state index is 5.92. The molecule has 2 aromatic heterocycles. The van der Waals surface area contributed by atoms with Crippen molar-refractivity contribution in [2.45, 2.75) is 6.92 Å². The Labute approximate surface area is 115 Å². The molecule has 0 fully saturated rings. The molecule has 4 heteroatoms. The Morgan fingerprint density at radius 3 is 2.74 bits per heavy atom. The van der Waals surface area contributed by atoms with Gasteiger partial charge in [0, 0.05) is 29.6 Å². The molecule has 0 bridgehead atoms. The number of aryl methyl sites for hydroxylation is 1. The van der Waals surface area contributed by atoms with Gasteiger partial charge < -0.3 is 4.52 Å².